The van der Waals surface area contributed by atoms with Crippen LogP contribution in [0.5, 0.6) is 40.2 Å². The normalized spacial score (nSPS) is 16.2. The molecule has 3 aliphatic heterocycles. The first-order valence-electron chi connectivity index (χ1n) is 43.2. The van der Waals surface area contributed by atoms with Gasteiger partial charge in [0.05, 0.1) is 62.8 Å². The minimum atomic E-state index is -3.73. The predicted molar refractivity (Wildman–Crippen MR) is 493 cm³/mol. The molecule has 3 N–H and O–H groups in total. The van der Waals surface area contributed by atoms with Gasteiger partial charge in [-0.2, -0.15) is 0 Å². The summed E-state index contributed by atoms with van der Waals surface area (Å²) in [6.45, 7) is 11.4. The van der Waals surface area contributed by atoms with E-state index < -0.39 is 56.5 Å². The summed E-state index contributed by atoms with van der Waals surface area (Å²) in [5.41, 5.74) is 13.6. The number of amides is 3. The number of nitrogens with one attached hydrogen (secondary N) is 3. The number of methoxy groups -OCH3 is 1. The van der Waals surface area contributed by atoms with Gasteiger partial charge in [0.15, 0.2) is 40.3 Å². The van der Waals surface area contributed by atoms with E-state index in [1.807, 2.05) is 104 Å². The van der Waals surface area contributed by atoms with Gasteiger partial charge >= 0.3 is 18.9 Å². The third kappa shape index (κ3) is 20.7. The predicted octanol–water partition coefficient (Wildman–Crippen LogP) is 20.6. The summed E-state index contributed by atoms with van der Waals surface area (Å²) >= 11 is 6.36. The summed E-state index contributed by atoms with van der Waals surface area (Å²) in [7, 11) is -2.08. The topological polar surface area (TPSA) is 306 Å². The third-order valence-electron chi connectivity index (χ3n) is 24.7. The molecule has 0 spiro atoms. The average molecular weight is 1870 g/mol. The molecule has 4 fully saturated rings. The van der Waals surface area contributed by atoms with Crippen molar-refractivity contribution in [3.8, 4) is 85.3 Å². The van der Waals surface area contributed by atoms with Gasteiger partial charge in [-0.3, -0.25) is 48.5 Å². The van der Waals surface area contributed by atoms with Crippen molar-refractivity contribution >= 4 is 68.3 Å². The Kier molecular flexibility index (Phi) is 25.6. The lowest BCUT2D eigenvalue weighted by atomic mass is 9.88. The van der Waals surface area contributed by atoms with E-state index in [1.54, 1.807) is 79.9 Å². The Labute approximate surface area is 777 Å². The van der Waals surface area contributed by atoms with Gasteiger partial charge in [-0.15, -0.1) is 26.3 Å². The van der Waals surface area contributed by atoms with Crippen molar-refractivity contribution in [2.75, 3.05) is 18.7 Å². The number of Topliss-reactive ketones (excluding diaryl/α,β-unsaturated/α-hetero) is 4. The summed E-state index contributed by atoms with van der Waals surface area (Å²) in [4.78, 5) is 107. The lowest BCUT2D eigenvalue weighted by Gasteiger charge is -2.17. The van der Waals surface area contributed by atoms with Crippen molar-refractivity contribution in [2.24, 2.45) is 0 Å². The first-order valence-corrected chi connectivity index (χ1v) is 45.5. The number of sulfonamides is 1. The maximum atomic E-state index is 13.4. The Bertz CT molecular complexity index is 6850. The zero-order valence-corrected chi connectivity index (χ0v) is 75.5. The Morgan fingerprint density at radius 2 is 0.821 bits per heavy atom. The molecule has 23 nitrogen and oxygen atoms in total. The number of benzene rings is 8. The van der Waals surface area contributed by atoms with E-state index >= 15 is 0 Å². The van der Waals surface area contributed by atoms with E-state index in [0.717, 1.165) is 81.6 Å². The highest BCUT2D eigenvalue weighted by Crippen LogP contribution is 2.57. The van der Waals surface area contributed by atoms with E-state index in [2.05, 4.69) is 80.2 Å². The lowest BCUT2D eigenvalue weighted by Crippen LogP contribution is -2.29. The van der Waals surface area contributed by atoms with Crippen LogP contribution in [0.1, 0.15) is 164 Å². The van der Waals surface area contributed by atoms with Gasteiger partial charge in [0, 0.05) is 87.5 Å². The zero-order chi connectivity index (χ0) is 95.2. The number of rotatable bonds is 26. The fourth-order valence-electron chi connectivity index (χ4n) is 16.7. The van der Waals surface area contributed by atoms with Gasteiger partial charge in [-0.1, -0.05) is 140 Å². The van der Waals surface area contributed by atoms with Crippen molar-refractivity contribution in [1.82, 2.24) is 30.0 Å². The number of carbonyl (C=O) groups is 7. The van der Waals surface area contributed by atoms with Crippen LogP contribution in [0.2, 0.25) is 5.02 Å². The molecule has 3 amide bonds. The molecule has 4 saturated carbocycles. The molecule has 0 bridgehead atoms. The van der Waals surface area contributed by atoms with Gasteiger partial charge in [-0.25, -0.2) is 18.1 Å². The number of hydrogen-bond donors (Lipinski definition) is 3. The Balaban J connectivity index is 0.000000154. The average Bonchev–Trinajstić information content (AvgIpc) is 1.59. The van der Waals surface area contributed by atoms with Crippen LogP contribution < -0.4 is 48.5 Å². The highest BCUT2D eigenvalue weighted by Gasteiger charge is 2.56. The summed E-state index contributed by atoms with van der Waals surface area (Å²) in [5.74, 6) is -0.0986. The number of aromatic nitrogens is 4. The fourth-order valence-corrected chi connectivity index (χ4v) is 17.4. The number of carbonyl (C=O) groups excluding carboxylic acids is 7. The molecule has 7 aliphatic rings. The molecule has 19 rings (SSSR count). The molecular formula is C103H96ClF6N7O16S. The first kappa shape index (κ1) is 93.1. The van der Waals surface area contributed by atoms with Crippen LogP contribution >= 0.6 is 11.6 Å². The van der Waals surface area contributed by atoms with Gasteiger partial charge in [0.2, 0.25) is 21.8 Å². The van der Waals surface area contributed by atoms with Gasteiger partial charge in [-0.05, 0) is 239 Å². The largest absolute Gasteiger partial charge is 0.586 e. The Hall–Kier alpha value is -14.1. The number of ether oxygens (including phenoxy) is 7. The van der Waals surface area contributed by atoms with Crippen LogP contribution in [-0.4, -0.2) is 101 Å². The molecule has 7 heterocycles. The van der Waals surface area contributed by atoms with Crippen LogP contribution in [0.4, 0.5) is 32.2 Å². The molecule has 0 saturated heterocycles. The number of alkyl halides is 6. The lowest BCUT2D eigenvalue weighted by molar-refractivity contribution is -0.287. The van der Waals surface area contributed by atoms with Gasteiger partial charge in [0.25, 0.3) is 5.91 Å². The van der Waals surface area contributed by atoms with Crippen LogP contribution in [0.25, 0.3) is 45.0 Å². The smallest absolute Gasteiger partial charge is 0.497 e. The van der Waals surface area contributed by atoms with E-state index in [0.29, 0.717) is 118 Å². The monoisotopic (exact) mass is 1870 g/mol. The Morgan fingerprint density at radius 1 is 0.425 bits per heavy atom. The van der Waals surface area contributed by atoms with Crippen molar-refractivity contribution < 1.29 is 106 Å². The quantitative estimate of drug-likeness (QED) is 0.0335. The molecule has 694 valence electrons. The number of ketones is 4. The number of aryl methyl sites for hydroxylation is 4. The minimum absolute atomic E-state index is 0. The second-order valence-electron chi connectivity index (χ2n) is 34.3. The zero-order valence-electron chi connectivity index (χ0n) is 73.9. The Morgan fingerprint density at radius 3 is 1.25 bits per heavy atom. The van der Waals surface area contributed by atoms with E-state index in [1.165, 1.54) is 67.9 Å². The maximum absolute atomic E-state index is 13.4. The molecule has 0 unspecified atom stereocenters. The molecule has 0 atom stereocenters. The molecule has 31 heteroatoms. The molecular weight excluding hydrogens is 1770 g/mol. The summed E-state index contributed by atoms with van der Waals surface area (Å²) in [5, 5.41) is 6.25. The van der Waals surface area contributed by atoms with Gasteiger partial charge in [0.1, 0.15) is 28.9 Å². The first-order chi connectivity index (χ1) is 63.7. The van der Waals surface area contributed by atoms with E-state index in [-0.39, 0.29) is 98.6 Å². The number of anilines is 1. The highest BCUT2D eigenvalue weighted by molar-refractivity contribution is 7.89. The maximum Gasteiger partial charge on any atom is 0.586 e. The minimum Gasteiger partial charge on any atom is -0.497 e. The molecule has 4 aromatic heterocycles. The molecule has 134 heavy (non-hydrogen) atoms. The van der Waals surface area contributed by atoms with Crippen LogP contribution in [-0.2, 0) is 87.9 Å². The van der Waals surface area contributed by atoms with Crippen molar-refractivity contribution in [1.29, 1.82) is 0 Å². The fraction of sp³-hybridized carbons (Fsp3) is 0.272. The second kappa shape index (κ2) is 36.8. The molecule has 4 aliphatic carbocycles. The third-order valence-corrected chi connectivity index (χ3v) is 25.6. The molecule has 8 aromatic carbocycles. The van der Waals surface area contributed by atoms with Crippen LogP contribution in [0.15, 0.2) is 224 Å². The number of nitrogens with zero attached hydrogens (tertiary/aromatic N) is 4. The second-order valence-corrected chi connectivity index (χ2v) is 36.5. The SMILES string of the molecule is CC(=O)NCc1cccc(-c2nc(CC(=O)C3(c4ccc5c(c4)OC(F)(F)O5)CC3)ccc2C)c1.CC(=O)c1cccc(-c2nc(CC(=O)C3(c4ccc5c(c4)OC(F)(F)O5)CC3)ccc2Cl)c1.CCc1ccc(-c2nc(NC(=O)C3(c4ccc(OC)cc4)CC3)ccc2C)cc1.Cc1ccc(CC(=O)C2(c3ccc4c(c3)OC(F)(F)O4)CC2)nc1-c1cccc(C(=O)NS(C)(=O)=O)c1.[HH].[HH].[HH]. The van der Waals surface area contributed by atoms with Crippen LogP contribution in [0, 0.1) is 20.8 Å². The number of hydrogen-bond acceptors (Lipinski definition) is 20. The number of fused-ring (bicyclic) bond motifs is 3. The van der Waals surface area contributed by atoms with Crippen LogP contribution in [0.3, 0.4) is 0 Å². The van der Waals surface area contributed by atoms with Crippen molar-refractivity contribution in [3.05, 3.63) is 308 Å². The van der Waals surface area contributed by atoms with E-state index in [9.17, 15) is 68.3 Å². The van der Waals surface area contributed by atoms with E-state index in [4.69, 9.17) is 26.3 Å². The summed E-state index contributed by atoms with van der Waals surface area (Å²) in [6.07, 6.45) is -3.63. The summed E-state index contributed by atoms with van der Waals surface area (Å²) < 4.78 is 137. The molecule has 12 aromatic rings. The van der Waals surface area contributed by atoms with Crippen molar-refractivity contribution in [3.63, 3.8) is 0 Å². The highest BCUT2D eigenvalue weighted by atomic mass is 35.5. The standard InChI is InChI=1S/C27H24F2N2O4.C26H22F2N2O6S.C25H18ClF2NO4.C25H26N2O2.3H2/c1-16-6-8-21(31-25(16)19-5-3-4-18(12-19)15-30-17(2)32)14-24(33)26(10-11-26)20-7-9-22-23(13-20)35-27(28,29)34-22;1-15-6-8-19(29-23(15)16-4-3-5-17(12-16)24(32)30-37(2,33)34)14-22(31)25(10-11-25)18-7-9-20-21(13-18)36-26(27,28)35-20;1-14(30)15-3-2-4-16(11-15)23-19(26)7-6-18(29-23)13-22(31)24(9-10-24)17-5-8-20-21(12-17)33-25(27,28)32-20;1-4-18-6-8-19(9-7-18)23-17(2)5-14-22(26-23)27-24(28)25(15-16-25)20-10-12-21(29-3)13-11-20;;;/h3-9,12-13H,10-11,14-15H2,1-2H3,(H,30,32);3-9,12-13H,10-11,14H2,1-2H3,(H,30,32);2-8,11-12H,9-10,13H2,1H3;5-14H,4,15-16H2,1-3H3,(H,26,27,28);3*1H. The molecule has 0 radical (unpaired) electrons. The number of pyridine rings is 4. The summed E-state index contributed by atoms with van der Waals surface area (Å²) in [6, 6.07) is 65.4. The van der Waals surface area contributed by atoms with Crippen molar-refractivity contribution in [2.45, 2.75) is 166 Å². The number of halogens is 7. The van der Waals surface area contributed by atoms with Gasteiger partial charge < -0.3 is 43.8 Å².